The molecule has 1 unspecified atom stereocenters. The molecule has 0 saturated heterocycles. The quantitative estimate of drug-likeness (QED) is 0.784. The molecule has 1 aromatic rings. The van der Waals surface area contributed by atoms with Crippen LogP contribution in [0, 0.1) is 23.4 Å². The molecule has 0 aliphatic heterocycles. The molecule has 0 heterocycles. The lowest BCUT2D eigenvalue weighted by Crippen LogP contribution is -2.37. The third kappa shape index (κ3) is 3.13. The summed E-state index contributed by atoms with van der Waals surface area (Å²) < 4.78 is 65.7. The van der Waals surface area contributed by atoms with Gasteiger partial charge in [-0.25, -0.2) is 26.3 Å². The van der Waals surface area contributed by atoms with Gasteiger partial charge in [0.25, 0.3) is 0 Å². The molecule has 1 atom stereocenters. The Morgan fingerprint density at radius 3 is 2.45 bits per heavy atom. The SMILES string of the molecule is O=S(=O)(NC(CCO)C1CC1)c1ccc(F)c(F)c1F. The zero-order chi connectivity index (χ0) is 14.9. The van der Waals surface area contributed by atoms with Crippen molar-refractivity contribution in [3.05, 3.63) is 29.6 Å². The van der Waals surface area contributed by atoms with Crippen LogP contribution in [0.3, 0.4) is 0 Å². The normalized spacial score (nSPS) is 17.2. The fourth-order valence-corrected chi connectivity index (χ4v) is 3.42. The first-order valence-corrected chi connectivity index (χ1v) is 7.62. The molecule has 1 saturated carbocycles. The Bertz CT molecular complexity index is 602. The van der Waals surface area contributed by atoms with Crippen molar-refractivity contribution in [2.75, 3.05) is 6.61 Å². The summed E-state index contributed by atoms with van der Waals surface area (Å²) in [5.41, 5.74) is 0. The molecule has 2 N–H and O–H groups in total. The van der Waals surface area contributed by atoms with Crippen LogP contribution >= 0.6 is 0 Å². The molecule has 0 spiro atoms. The number of hydrogen-bond donors (Lipinski definition) is 2. The molecular weight excluding hydrogens is 295 g/mol. The van der Waals surface area contributed by atoms with Crippen LogP contribution in [0.15, 0.2) is 17.0 Å². The van der Waals surface area contributed by atoms with Crippen LogP contribution in [0.25, 0.3) is 0 Å². The Balaban J connectivity index is 2.28. The number of hydrogen-bond acceptors (Lipinski definition) is 3. The van der Waals surface area contributed by atoms with E-state index in [4.69, 9.17) is 5.11 Å². The summed E-state index contributed by atoms with van der Waals surface area (Å²) >= 11 is 0. The number of aliphatic hydroxyl groups excluding tert-OH is 1. The van der Waals surface area contributed by atoms with Crippen LogP contribution in [0.1, 0.15) is 19.3 Å². The maximum absolute atomic E-state index is 13.5. The van der Waals surface area contributed by atoms with Gasteiger partial charge >= 0.3 is 0 Å². The minimum Gasteiger partial charge on any atom is -0.396 e. The molecule has 4 nitrogen and oxygen atoms in total. The van der Waals surface area contributed by atoms with Gasteiger partial charge in [-0.1, -0.05) is 0 Å². The molecule has 1 fully saturated rings. The predicted octanol–water partition coefficient (Wildman–Crippen LogP) is 1.54. The van der Waals surface area contributed by atoms with E-state index >= 15 is 0 Å². The second-order valence-electron chi connectivity index (χ2n) is 4.75. The van der Waals surface area contributed by atoms with Crippen molar-refractivity contribution < 1.29 is 26.7 Å². The second kappa shape index (κ2) is 5.71. The number of halogens is 3. The highest BCUT2D eigenvalue weighted by molar-refractivity contribution is 7.89. The van der Waals surface area contributed by atoms with Gasteiger partial charge in [0.05, 0.1) is 0 Å². The topological polar surface area (TPSA) is 66.4 Å². The minimum absolute atomic E-state index is 0.0882. The average molecular weight is 309 g/mol. The third-order valence-electron chi connectivity index (χ3n) is 3.23. The smallest absolute Gasteiger partial charge is 0.243 e. The van der Waals surface area contributed by atoms with Gasteiger partial charge in [0.1, 0.15) is 4.90 Å². The lowest BCUT2D eigenvalue weighted by molar-refractivity contribution is 0.265. The van der Waals surface area contributed by atoms with E-state index in [-0.39, 0.29) is 18.9 Å². The Morgan fingerprint density at radius 2 is 1.90 bits per heavy atom. The standard InChI is InChI=1S/C12H14F3NO3S/c13-8-3-4-10(12(15)11(8)14)20(18,19)16-9(5-6-17)7-1-2-7/h3-4,7,9,16-17H,1-2,5-6H2. The van der Waals surface area contributed by atoms with E-state index in [1.807, 2.05) is 0 Å². The fraction of sp³-hybridized carbons (Fsp3) is 0.500. The molecule has 112 valence electrons. The molecule has 0 radical (unpaired) electrons. The van der Waals surface area contributed by atoms with Crippen LogP contribution in [-0.4, -0.2) is 26.2 Å². The van der Waals surface area contributed by atoms with Gasteiger partial charge in [0.2, 0.25) is 10.0 Å². The van der Waals surface area contributed by atoms with E-state index in [9.17, 15) is 21.6 Å². The second-order valence-corrected chi connectivity index (χ2v) is 6.43. The first-order valence-electron chi connectivity index (χ1n) is 6.13. The highest BCUT2D eigenvalue weighted by atomic mass is 32.2. The van der Waals surface area contributed by atoms with Gasteiger partial charge in [0.15, 0.2) is 17.5 Å². The van der Waals surface area contributed by atoms with Crippen LogP contribution in [0.2, 0.25) is 0 Å². The first-order chi connectivity index (χ1) is 9.36. The highest BCUT2D eigenvalue weighted by Crippen LogP contribution is 2.34. The van der Waals surface area contributed by atoms with Crippen LogP contribution in [0.4, 0.5) is 13.2 Å². The minimum atomic E-state index is -4.30. The van der Waals surface area contributed by atoms with E-state index < -0.39 is 38.4 Å². The van der Waals surface area contributed by atoms with Crippen molar-refractivity contribution in [3.63, 3.8) is 0 Å². The molecule has 0 amide bonds. The van der Waals surface area contributed by atoms with Crippen molar-refractivity contribution in [1.29, 1.82) is 0 Å². The van der Waals surface area contributed by atoms with Gasteiger partial charge in [-0.05, 0) is 37.3 Å². The van der Waals surface area contributed by atoms with Gasteiger partial charge < -0.3 is 5.11 Å². The van der Waals surface area contributed by atoms with Crippen molar-refractivity contribution >= 4 is 10.0 Å². The zero-order valence-electron chi connectivity index (χ0n) is 10.4. The zero-order valence-corrected chi connectivity index (χ0v) is 11.3. The average Bonchev–Trinajstić information content (AvgIpc) is 3.19. The fourth-order valence-electron chi connectivity index (χ4n) is 2.01. The van der Waals surface area contributed by atoms with Gasteiger partial charge in [-0.2, -0.15) is 0 Å². The number of benzene rings is 1. The number of rotatable bonds is 6. The first kappa shape index (κ1) is 15.3. The summed E-state index contributed by atoms with van der Waals surface area (Å²) in [4.78, 5) is -0.931. The summed E-state index contributed by atoms with van der Waals surface area (Å²) in [6, 6.07) is 0.710. The molecule has 0 bridgehead atoms. The lowest BCUT2D eigenvalue weighted by Gasteiger charge is -2.17. The number of nitrogens with one attached hydrogen (secondary N) is 1. The molecule has 20 heavy (non-hydrogen) atoms. The summed E-state index contributed by atoms with van der Waals surface area (Å²) in [7, 11) is -4.30. The number of sulfonamides is 1. The lowest BCUT2D eigenvalue weighted by atomic mass is 10.1. The van der Waals surface area contributed by atoms with Gasteiger partial charge in [-0.15, -0.1) is 0 Å². The Hall–Kier alpha value is -1.12. The van der Waals surface area contributed by atoms with Crippen LogP contribution in [-0.2, 0) is 10.0 Å². The largest absolute Gasteiger partial charge is 0.396 e. The van der Waals surface area contributed by atoms with E-state index in [1.165, 1.54) is 0 Å². The van der Waals surface area contributed by atoms with E-state index in [1.54, 1.807) is 0 Å². The van der Waals surface area contributed by atoms with E-state index in [0.29, 0.717) is 12.1 Å². The predicted molar refractivity (Wildman–Crippen MR) is 64.9 cm³/mol. The Labute approximate surface area is 114 Å². The molecule has 8 heteroatoms. The van der Waals surface area contributed by atoms with Crippen molar-refractivity contribution in [2.24, 2.45) is 5.92 Å². The van der Waals surface area contributed by atoms with Gasteiger partial charge in [0, 0.05) is 12.6 Å². The highest BCUT2D eigenvalue weighted by Gasteiger charge is 2.35. The monoisotopic (exact) mass is 309 g/mol. The van der Waals surface area contributed by atoms with Crippen LogP contribution in [0.5, 0.6) is 0 Å². The Morgan fingerprint density at radius 1 is 1.25 bits per heavy atom. The van der Waals surface area contributed by atoms with Crippen molar-refractivity contribution in [2.45, 2.75) is 30.2 Å². The van der Waals surface area contributed by atoms with Gasteiger partial charge in [-0.3, -0.25) is 0 Å². The molecular formula is C12H14F3NO3S. The summed E-state index contributed by atoms with van der Waals surface area (Å²) in [5, 5.41) is 8.90. The van der Waals surface area contributed by atoms with E-state index in [0.717, 1.165) is 12.8 Å². The maximum Gasteiger partial charge on any atom is 0.243 e. The maximum atomic E-state index is 13.5. The molecule has 0 aromatic heterocycles. The molecule has 2 rings (SSSR count). The van der Waals surface area contributed by atoms with E-state index in [2.05, 4.69) is 4.72 Å². The molecule has 1 aliphatic rings. The summed E-state index contributed by atoms with van der Waals surface area (Å²) in [5.74, 6) is -4.92. The van der Waals surface area contributed by atoms with Crippen molar-refractivity contribution in [3.8, 4) is 0 Å². The Kier molecular flexibility index (Phi) is 4.36. The third-order valence-corrected chi connectivity index (χ3v) is 4.73. The van der Waals surface area contributed by atoms with Crippen molar-refractivity contribution in [1.82, 2.24) is 4.72 Å². The van der Waals surface area contributed by atoms with Crippen LogP contribution < -0.4 is 4.72 Å². The summed E-state index contributed by atoms with van der Waals surface area (Å²) in [6.45, 7) is -0.218. The summed E-state index contributed by atoms with van der Waals surface area (Å²) in [6.07, 6.45) is 1.82. The molecule has 1 aromatic carbocycles. The number of aliphatic hydroxyl groups is 1. The molecule has 1 aliphatic carbocycles.